The second kappa shape index (κ2) is 1.68. The molecule has 0 bridgehead atoms. The topological polar surface area (TPSA) is 84.5 Å². The van der Waals surface area contributed by atoms with Gasteiger partial charge in [0.05, 0.1) is 0 Å². The number of rotatable bonds is 1. The monoisotopic (exact) mass is 134 g/mol. The van der Waals surface area contributed by atoms with Gasteiger partial charge in [-0.1, -0.05) is 0 Å². The molecule has 0 aromatic heterocycles. The Labute approximate surface area is 47.8 Å². The van der Waals surface area contributed by atoms with Crippen LogP contribution in [0.15, 0.2) is 0 Å². The molecule has 0 spiro atoms. The zero-order valence-electron chi connectivity index (χ0n) is 4.31. The molecule has 0 fully saturated rings. The van der Waals surface area contributed by atoms with Crippen molar-refractivity contribution in [2.24, 2.45) is 0 Å². The molecule has 6 heteroatoms. The molecular weight excluding hydrogens is 128 g/mol. The van der Waals surface area contributed by atoms with Gasteiger partial charge in [-0.15, -0.1) is 0 Å². The fourth-order valence-electron chi connectivity index (χ4n) is 0.135. The van der Waals surface area contributed by atoms with Gasteiger partial charge < -0.3 is 0 Å². The van der Waals surface area contributed by atoms with Crippen molar-refractivity contribution in [1.29, 1.82) is 5.26 Å². The van der Waals surface area contributed by atoms with E-state index < -0.39 is 7.16 Å². The third kappa shape index (κ3) is 5.86. The molecule has 3 N–H and O–H groups in total. The number of nitrogens with zero attached hydrogens (tertiary/aromatic N) is 1. The molecule has 0 unspecified atom stereocenters. The van der Waals surface area contributed by atoms with E-state index in [-0.39, 0.29) is 0 Å². The number of nitriles is 1. The Balaban J connectivity index is 3.98. The van der Waals surface area contributed by atoms with E-state index in [1.165, 1.54) is 5.97 Å². The molecule has 0 atom stereocenters. The first-order valence-corrected chi connectivity index (χ1v) is 4.43. The van der Waals surface area contributed by atoms with Gasteiger partial charge in [0.2, 0.25) is 0 Å². The van der Waals surface area contributed by atoms with E-state index in [9.17, 15) is 0 Å². The summed E-state index contributed by atoms with van der Waals surface area (Å²) in [6.07, 6.45) is 0. The Kier molecular flexibility index (Phi) is 1.65. The van der Waals surface area contributed by atoms with Gasteiger partial charge in [0.1, 0.15) is 0 Å². The summed E-state index contributed by atoms with van der Waals surface area (Å²) in [6, 6.07) is 0. The van der Waals surface area contributed by atoms with E-state index in [1.807, 2.05) is 0 Å². The van der Waals surface area contributed by atoms with Crippen LogP contribution in [0.5, 0.6) is 0 Å². The Morgan fingerprint density at radius 2 is 1.88 bits per heavy atom. The van der Waals surface area contributed by atoms with Crippen molar-refractivity contribution in [2.75, 3.05) is 6.66 Å². The van der Waals surface area contributed by atoms with Crippen LogP contribution in [0.4, 0.5) is 0 Å². The Morgan fingerprint density at radius 3 is 1.88 bits per heavy atom. The van der Waals surface area contributed by atoms with Gasteiger partial charge >= 0.3 is 46.7 Å². The Bertz CT molecular complexity index is 123. The fourth-order valence-corrected chi connectivity index (χ4v) is 0.406. The molecular formula is C2H6BNO3P. The third-order valence-electron chi connectivity index (χ3n) is 0.360. The van der Waals surface area contributed by atoms with Crippen LogP contribution in [-0.2, 0) is 0 Å². The average Bonchev–Trinajstić information content (AvgIpc) is 1.25. The van der Waals surface area contributed by atoms with Crippen molar-refractivity contribution in [3.8, 4) is 5.97 Å². The first-order valence-electron chi connectivity index (χ1n) is 1.82. The third-order valence-corrected chi connectivity index (χ3v) is 1.08. The van der Waals surface area contributed by atoms with Crippen LogP contribution >= 0.6 is 7.16 Å². The molecule has 0 aromatic rings. The van der Waals surface area contributed by atoms with Crippen molar-refractivity contribution < 1.29 is 14.7 Å². The van der Waals surface area contributed by atoms with Gasteiger partial charge in [-0.05, 0) is 0 Å². The molecule has 0 heterocycles. The van der Waals surface area contributed by atoms with Crippen LogP contribution in [0, 0.1) is 11.2 Å². The summed E-state index contributed by atoms with van der Waals surface area (Å²) in [6.45, 7) is 1.25. The zero-order chi connectivity index (χ0) is 6.86. The SMILES string of the molecule is CP(O)(O)(O)[B]C#N. The summed E-state index contributed by atoms with van der Waals surface area (Å²) < 4.78 is 0. The summed E-state index contributed by atoms with van der Waals surface area (Å²) in [5, 5.41) is 7.81. The van der Waals surface area contributed by atoms with Gasteiger partial charge in [-0.25, -0.2) is 0 Å². The second-order valence-electron chi connectivity index (χ2n) is 1.73. The van der Waals surface area contributed by atoms with Crippen LogP contribution < -0.4 is 0 Å². The van der Waals surface area contributed by atoms with E-state index in [4.69, 9.17) is 19.9 Å². The van der Waals surface area contributed by atoms with E-state index in [0.29, 0.717) is 7.00 Å². The molecule has 0 amide bonds. The van der Waals surface area contributed by atoms with Gasteiger partial charge in [-0.2, -0.15) is 0 Å². The summed E-state index contributed by atoms with van der Waals surface area (Å²) >= 11 is 0. The molecule has 0 saturated heterocycles. The van der Waals surface area contributed by atoms with Gasteiger partial charge in [-0.3, -0.25) is 0 Å². The predicted octanol–water partition coefficient (Wildman–Crippen LogP) is -1.01. The van der Waals surface area contributed by atoms with Crippen molar-refractivity contribution in [2.45, 2.75) is 0 Å². The molecule has 0 aliphatic rings. The minimum absolute atomic E-state index is 0.436. The van der Waals surface area contributed by atoms with E-state index >= 15 is 0 Å². The maximum atomic E-state index is 8.45. The molecule has 0 aliphatic carbocycles. The molecule has 45 valence electrons. The van der Waals surface area contributed by atoms with Crippen LogP contribution in [0.25, 0.3) is 0 Å². The molecule has 0 rings (SSSR count). The van der Waals surface area contributed by atoms with Crippen molar-refractivity contribution in [3.05, 3.63) is 0 Å². The maximum absolute atomic E-state index is 8.45. The van der Waals surface area contributed by atoms with E-state index in [1.54, 1.807) is 0 Å². The van der Waals surface area contributed by atoms with E-state index in [2.05, 4.69) is 0 Å². The Morgan fingerprint density at radius 1 is 1.50 bits per heavy atom. The number of hydrogen-bond donors (Lipinski definition) is 3. The van der Waals surface area contributed by atoms with Crippen molar-refractivity contribution in [3.63, 3.8) is 0 Å². The van der Waals surface area contributed by atoms with Gasteiger partial charge in [0, 0.05) is 0 Å². The fraction of sp³-hybridized carbons (Fsp3) is 0.500. The molecule has 0 saturated carbocycles. The van der Waals surface area contributed by atoms with Crippen LogP contribution in [0.1, 0.15) is 0 Å². The molecule has 8 heavy (non-hydrogen) atoms. The standard InChI is InChI=1S/C2H6BNO3P/c1-8(5,6,7)3-2-4/h5-7H,1H3. The van der Waals surface area contributed by atoms with Gasteiger partial charge in [0.15, 0.2) is 0 Å². The average molecular weight is 134 g/mol. The van der Waals surface area contributed by atoms with Crippen molar-refractivity contribution >= 4 is 14.2 Å². The molecule has 0 aliphatic heterocycles. The second-order valence-corrected chi connectivity index (χ2v) is 4.94. The van der Waals surface area contributed by atoms with Crippen LogP contribution in [0.3, 0.4) is 0 Å². The normalized spacial score (nSPS) is 15.6. The predicted molar refractivity (Wildman–Crippen MR) is 30.9 cm³/mol. The molecule has 1 radical (unpaired) electrons. The number of hydrogen-bond acceptors (Lipinski definition) is 4. The first-order chi connectivity index (χ1) is 3.31. The quantitative estimate of drug-likeness (QED) is 0.316. The summed E-state index contributed by atoms with van der Waals surface area (Å²) in [5.41, 5.74) is 0. The van der Waals surface area contributed by atoms with Crippen LogP contribution in [-0.4, -0.2) is 28.3 Å². The molecule has 4 nitrogen and oxygen atoms in total. The molecule has 0 aromatic carbocycles. The summed E-state index contributed by atoms with van der Waals surface area (Å²) in [7, 11) is -4.59. The van der Waals surface area contributed by atoms with Gasteiger partial charge in [0.25, 0.3) is 0 Å². The van der Waals surface area contributed by atoms with Crippen molar-refractivity contribution in [1.82, 2.24) is 0 Å². The summed E-state index contributed by atoms with van der Waals surface area (Å²) in [4.78, 5) is 25.3. The summed E-state index contributed by atoms with van der Waals surface area (Å²) in [5.74, 6) is 1.33. The minimum atomic E-state index is -4.59. The Hall–Kier alpha value is -0.135. The first kappa shape index (κ1) is 7.86. The van der Waals surface area contributed by atoms with Crippen LogP contribution in [0.2, 0.25) is 0 Å². The zero-order valence-corrected chi connectivity index (χ0v) is 5.21. The van der Waals surface area contributed by atoms with E-state index in [0.717, 1.165) is 6.66 Å².